The van der Waals surface area contributed by atoms with Crippen molar-refractivity contribution in [2.45, 2.75) is 43.9 Å². The third-order valence-corrected chi connectivity index (χ3v) is 3.61. The Labute approximate surface area is 118 Å². The van der Waals surface area contributed by atoms with Crippen molar-refractivity contribution in [1.29, 1.82) is 0 Å². The molecule has 2 unspecified atom stereocenters. The first kappa shape index (κ1) is 15.0. The number of para-hydroxylation sites is 1. The third kappa shape index (κ3) is 3.19. The molecule has 5 heteroatoms. The van der Waals surface area contributed by atoms with E-state index >= 15 is 0 Å². The van der Waals surface area contributed by atoms with Crippen LogP contribution in [0.2, 0.25) is 0 Å². The zero-order valence-electron chi connectivity index (χ0n) is 11.4. The SMILES string of the molecule is CC1O[C@@H](CC=Cc2ccccc2N)C(O)[C@@H](O)[C@@H]1O. The summed E-state index contributed by atoms with van der Waals surface area (Å²) in [5.74, 6) is 0. The van der Waals surface area contributed by atoms with Crippen LogP contribution in [-0.4, -0.2) is 45.8 Å². The molecular formula is C15H21NO4. The zero-order chi connectivity index (χ0) is 14.7. The molecule has 5 atom stereocenters. The van der Waals surface area contributed by atoms with Gasteiger partial charge >= 0.3 is 0 Å². The van der Waals surface area contributed by atoms with Crippen LogP contribution in [0.4, 0.5) is 5.69 Å². The van der Waals surface area contributed by atoms with Crippen molar-refractivity contribution >= 4 is 11.8 Å². The fraction of sp³-hybridized carbons (Fsp3) is 0.467. The van der Waals surface area contributed by atoms with E-state index in [0.717, 1.165) is 5.56 Å². The molecule has 0 saturated carbocycles. The van der Waals surface area contributed by atoms with Crippen molar-refractivity contribution in [3.05, 3.63) is 35.9 Å². The Hall–Kier alpha value is -1.40. The monoisotopic (exact) mass is 279 g/mol. The van der Waals surface area contributed by atoms with Crippen molar-refractivity contribution in [3.63, 3.8) is 0 Å². The van der Waals surface area contributed by atoms with Crippen molar-refractivity contribution in [2.75, 3.05) is 5.73 Å². The Bertz CT molecular complexity index is 477. The van der Waals surface area contributed by atoms with Gasteiger partial charge in [0.1, 0.15) is 18.3 Å². The molecule has 2 rings (SSSR count). The minimum atomic E-state index is -1.18. The van der Waals surface area contributed by atoms with E-state index < -0.39 is 30.5 Å². The van der Waals surface area contributed by atoms with E-state index in [4.69, 9.17) is 10.5 Å². The number of rotatable bonds is 3. The molecule has 0 aromatic heterocycles. The maximum absolute atomic E-state index is 9.88. The highest BCUT2D eigenvalue weighted by Crippen LogP contribution is 2.23. The van der Waals surface area contributed by atoms with Gasteiger partial charge in [0.05, 0.1) is 12.2 Å². The van der Waals surface area contributed by atoms with Crippen molar-refractivity contribution in [1.82, 2.24) is 0 Å². The van der Waals surface area contributed by atoms with Crippen molar-refractivity contribution in [2.24, 2.45) is 0 Å². The van der Waals surface area contributed by atoms with Crippen LogP contribution >= 0.6 is 0 Å². The van der Waals surface area contributed by atoms with Crippen LogP contribution in [0.25, 0.3) is 6.08 Å². The van der Waals surface area contributed by atoms with Crippen LogP contribution in [0, 0.1) is 0 Å². The molecule has 1 aliphatic rings. The maximum Gasteiger partial charge on any atom is 0.111 e. The highest BCUT2D eigenvalue weighted by molar-refractivity contribution is 5.63. The largest absolute Gasteiger partial charge is 0.398 e. The second kappa shape index (κ2) is 6.37. The summed E-state index contributed by atoms with van der Waals surface area (Å²) in [5, 5.41) is 29.2. The van der Waals surface area contributed by atoms with E-state index in [1.807, 2.05) is 36.4 Å². The molecule has 1 aromatic rings. The molecule has 0 radical (unpaired) electrons. The van der Waals surface area contributed by atoms with Gasteiger partial charge in [0, 0.05) is 5.69 Å². The molecule has 1 saturated heterocycles. The summed E-state index contributed by atoms with van der Waals surface area (Å²) in [6.45, 7) is 1.67. The Morgan fingerprint density at radius 2 is 1.85 bits per heavy atom. The summed E-state index contributed by atoms with van der Waals surface area (Å²) >= 11 is 0. The van der Waals surface area contributed by atoms with Gasteiger partial charge < -0.3 is 25.8 Å². The molecule has 5 N–H and O–H groups in total. The Kier molecular flexibility index (Phi) is 4.77. The number of anilines is 1. The molecule has 0 aliphatic carbocycles. The summed E-state index contributed by atoms with van der Waals surface area (Å²) in [7, 11) is 0. The second-order valence-corrected chi connectivity index (χ2v) is 5.12. The molecule has 0 amide bonds. The third-order valence-electron chi connectivity index (χ3n) is 3.61. The lowest BCUT2D eigenvalue weighted by atomic mass is 9.94. The quantitative estimate of drug-likeness (QED) is 0.606. The van der Waals surface area contributed by atoms with E-state index in [-0.39, 0.29) is 0 Å². The van der Waals surface area contributed by atoms with Gasteiger partial charge in [0.2, 0.25) is 0 Å². The average molecular weight is 279 g/mol. The van der Waals surface area contributed by atoms with E-state index in [1.165, 1.54) is 0 Å². The molecule has 1 fully saturated rings. The normalized spacial score (nSPS) is 34.5. The highest BCUT2D eigenvalue weighted by atomic mass is 16.5. The van der Waals surface area contributed by atoms with Gasteiger partial charge in [-0.25, -0.2) is 0 Å². The van der Waals surface area contributed by atoms with Gasteiger partial charge in [-0.1, -0.05) is 30.4 Å². The average Bonchev–Trinajstić information content (AvgIpc) is 2.44. The lowest BCUT2D eigenvalue weighted by Gasteiger charge is -2.39. The minimum Gasteiger partial charge on any atom is -0.398 e. The number of nitrogens with two attached hydrogens (primary N) is 1. The Morgan fingerprint density at radius 3 is 2.55 bits per heavy atom. The summed E-state index contributed by atoms with van der Waals surface area (Å²) in [4.78, 5) is 0. The first-order chi connectivity index (χ1) is 9.50. The van der Waals surface area contributed by atoms with Gasteiger partial charge in [0.15, 0.2) is 0 Å². The molecule has 20 heavy (non-hydrogen) atoms. The lowest BCUT2D eigenvalue weighted by molar-refractivity contribution is -0.215. The summed E-state index contributed by atoms with van der Waals surface area (Å²) in [6.07, 6.45) is -0.250. The van der Waals surface area contributed by atoms with E-state index in [2.05, 4.69) is 0 Å². The zero-order valence-corrected chi connectivity index (χ0v) is 11.4. The Balaban J connectivity index is 1.98. The van der Waals surface area contributed by atoms with Crippen LogP contribution in [0.3, 0.4) is 0 Å². The molecule has 0 bridgehead atoms. The predicted molar refractivity (Wildman–Crippen MR) is 76.9 cm³/mol. The van der Waals surface area contributed by atoms with Crippen LogP contribution in [0.5, 0.6) is 0 Å². The lowest BCUT2D eigenvalue weighted by Crippen LogP contribution is -2.56. The fourth-order valence-corrected chi connectivity index (χ4v) is 2.32. The number of aliphatic hydroxyl groups is 3. The second-order valence-electron chi connectivity index (χ2n) is 5.12. The summed E-state index contributed by atoms with van der Waals surface area (Å²) < 4.78 is 5.51. The molecule has 1 aliphatic heterocycles. The standard InChI is InChI=1S/C15H21NO4/c1-9-13(17)15(19)14(18)12(20-9)8-4-6-10-5-2-3-7-11(10)16/h2-7,9,12-15,17-19H,8,16H2,1H3/t9?,12-,13+,14?,15-/m0/s1. The van der Waals surface area contributed by atoms with Crippen LogP contribution < -0.4 is 5.73 Å². The van der Waals surface area contributed by atoms with Gasteiger partial charge in [-0.2, -0.15) is 0 Å². The molecule has 0 spiro atoms. The van der Waals surface area contributed by atoms with E-state index in [1.54, 1.807) is 6.92 Å². The van der Waals surface area contributed by atoms with Gasteiger partial charge in [-0.05, 0) is 25.0 Å². The van der Waals surface area contributed by atoms with Crippen molar-refractivity contribution in [3.8, 4) is 0 Å². The number of benzene rings is 1. The number of hydrogen-bond acceptors (Lipinski definition) is 5. The number of aliphatic hydroxyl groups excluding tert-OH is 3. The number of hydrogen-bond donors (Lipinski definition) is 4. The minimum absolute atomic E-state index is 0.434. The Morgan fingerprint density at radius 1 is 1.15 bits per heavy atom. The number of ether oxygens (including phenoxy) is 1. The van der Waals surface area contributed by atoms with Gasteiger partial charge in [0.25, 0.3) is 0 Å². The number of nitrogen functional groups attached to an aromatic ring is 1. The fourth-order valence-electron chi connectivity index (χ4n) is 2.32. The molecule has 1 heterocycles. The van der Waals surface area contributed by atoms with Crippen LogP contribution in [-0.2, 0) is 4.74 Å². The highest BCUT2D eigenvalue weighted by Gasteiger charge is 2.40. The molecule has 5 nitrogen and oxygen atoms in total. The molecule has 110 valence electrons. The molecule has 1 aromatic carbocycles. The maximum atomic E-state index is 9.88. The summed E-state index contributed by atoms with van der Waals surface area (Å²) in [5.41, 5.74) is 7.40. The van der Waals surface area contributed by atoms with Gasteiger partial charge in [-0.3, -0.25) is 0 Å². The van der Waals surface area contributed by atoms with Crippen LogP contribution in [0.15, 0.2) is 30.3 Å². The molecular weight excluding hydrogens is 258 g/mol. The van der Waals surface area contributed by atoms with E-state index in [9.17, 15) is 15.3 Å². The topological polar surface area (TPSA) is 95.9 Å². The van der Waals surface area contributed by atoms with Gasteiger partial charge in [-0.15, -0.1) is 0 Å². The first-order valence-electron chi connectivity index (χ1n) is 6.71. The van der Waals surface area contributed by atoms with Crippen LogP contribution in [0.1, 0.15) is 18.9 Å². The first-order valence-corrected chi connectivity index (χ1v) is 6.71. The smallest absolute Gasteiger partial charge is 0.111 e. The van der Waals surface area contributed by atoms with Crippen molar-refractivity contribution < 1.29 is 20.1 Å². The predicted octanol–water partition coefficient (Wildman–Crippen LogP) is 0.542. The summed E-state index contributed by atoms with van der Waals surface area (Å²) in [6, 6.07) is 7.46. The van der Waals surface area contributed by atoms with E-state index in [0.29, 0.717) is 12.1 Å².